The fourth-order valence-electron chi connectivity index (χ4n) is 1.99. The molecule has 0 saturated heterocycles. The van der Waals surface area contributed by atoms with Crippen LogP contribution in [0.15, 0.2) is 48.5 Å². The zero-order valence-corrected chi connectivity index (χ0v) is 11.7. The maximum Gasteiger partial charge on any atom is 0.229 e. The van der Waals surface area contributed by atoms with Gasteiger partial charge in [0.25, 0.3) is 0 Å². The summed E-state index contributed by atoms with van der Waals surface area (Å²) in [6, 6.07) is 15.7. The van der Waals surface area contributed by atoms with Crippen LogP contribution < -0.4 is 23.5 Å². The Hall–Kier alpha value is -2.33. The number of nitrogens with two attached hydrogens (primary N) is 1. The molecule has 0 aliphatic rings. The van der Waals surface area contributed by atoms with Crippen molar-refractivity contribution in [2.24, 2.45) is 0 Å². The first kappa shape index (κ1) is 14.1. The van der Waals surface area contributed by atoms with Gasteiger partial charge in [0.2, 0.25) is 5.95 Å². The minimum atomic E-state index is 0. The number of aryl methyl sites for hydroxylation is 1. The van der Waals surface area contributed by atoms with Gasteiger partial charge < -0.3 is 23.5 Å². The molecule has 3 rings (SSSR count). The summed E-state index contributed by atoms with van der Waals surface area (Å²) < 4.78 is 0. The van der Waals surface area contributed by atoms with Crippen LogP contribution in [0.2, 0.25) is 0 Å². The van der Waals surface area contributed by atoms with E-state index >= 15 is 0 Å². The van der Waals surface area contributed by atoms with E-state index in [1.807, 2.05) is 55.5 Å². The Morgan fingerprint density at radius 3 is 2.45 bits per heavy atom. The maximum absolute atomic E-state index is 5.96. The van der Waals surface area contributed by atoms with Gasteiger partial charge in [0.15, 0.2) is 0 Å². The van der Waals surface area contributed by atoms with Crippen molar-refractivity contribution in [3.05, 3.63) is 54.1 Å². The molecular formula is C15H14ClN4-. The maximum atomic E-state index is 5.96. The molecule has 20 heavy (non-hydrogen) atoms. The third-order valence-corrected chi connectivity index (χ3v) is 3.02. The number of nitrogens with one attached hydrogen (secondary N) is 1. The van der Waals surface area contributed by atoms with Crippen molar-refractivity contribution in [2.45, 2.75) is 6.92 Å². The summed E-state index contributed by atoms with van der Waals surface area (Å²) >= 11 is 0. The number of halogens is 1. The Labute approximate surface area is 123 Å². The Morgan fingerprint density at radius 2 is 1.65 bits per heavy atom. The van der Waals surface area contributed by atoms with E-state index in [0.717, 1.165) is 22.2 Å². The van der Waals surface area contributed by atoms with E-state index in [0.29, 0.717) is 11.8 Å². The molecular weight excluding hydrogens is 272 g/mol. The van der Waals surface area contributed by atoms with Crippen LogP contribution in [0.4, 0.5) is 17.5 Å². The van der Waals surface area contributed by atoms with Gasteiger partial charge in [0, 0.05) is 11.1 Å². The van der Waals surface area contributed by atoms with Gasteiger partial charge in [-0.3, -0.25) is 0 Å². The number of para-hydroxylation sites is 2. The van der Waals surface area contributed by atoms with Crippen LogP contribution in [0.1, 0.15) is 5.56 Å². The van der Waals surface area contributed by atoms with Gasteiger partial charge >= 0.3 is 0 Å². The molecule has 102 valence electrons. The van der Waals surface area contributed by atoms with Crippen molar-refractivity contribution in [2.75, 3.05) is 11.1 Å². The second-order valence-corrected chi connectivity index (χ2v) is 4.39. The Bertz CT molecular complexity index is 743. The monoisotopic (exact) mass is 285 g/mol. The number of benzene rings is 2. The molecule has 1 aromatic heterocycles. The lowest BCUT2D eigenvalue weighted by Crippen LogP contribution is -3.00. The summed E-state index contributed by atoms with van der Waals surface area (Å²) in [6.07, 6.45) is 0. The van der Waals surface area contributed by atoms with Crippen LogP contribution in [0.25, 0.3) is 10.9 Å². The lowest BCUT2D eigenvalue weighted by atomic mass is 10.2. The molecule has 3 aromatic rings. The van der Waals surface area contributed by atoms with Crippen LogP contribution in [0, 0.1) is 6.92 Å². The molecule has 0 bridgehead atoms. The zero-order chi connectivity index (χ0) is 13.2. The molecule has 0 amide bonds. The first-order valence-corrected chi connectivity index (χ1v) is 6.09. The molecule has 0 unspecified atom stereocenters. The SMILES string of the molecule is Cc1ccccc1Nc1nc(N)c2ccccc2n1.[Cl-]. The number of fused-ring (bicyclic) bond motifs is 1. The van der Waals surface area contributed by atoms with Crippen LogP contribution in [-0.2, 0) is 0 Å². The quantitative estimate of drug-likeness (QED) is 0.709. The zero-order valence-electron chi connectivity index (χ0n) is 11.0. The number of nitrogens with zero attached hydrogens (tertiary/aromatic N) is 2. The molecule has 5 heteroatoms. The number of hydrogen-bond acceptors (Lipinski definition) is 4. The van der Waals surface area contributed by atoms with E-state index in [4.69, 9.17) is 5.73 Å². The van der Waals surface area contributed by atoms with Gasteiger partial charge in [-0.1, -0.05) is 30.3 Å². The van der Waals surface area contributed by atoms with Crippen molar-refractivity contribution >= 4 is 28.4 Å². The van der Waals surface area contributed by atoms with E-state index < -0.39 is 0 Å². The molecule has 0 aliphatic heterocycles. The molecule has 4 nitrogen and oxygen atoms in total. The van der Waals surface area contributed by atoms with Gasteiger partial charge in [0.05, 0.1) is 5.52 Å². The molecule has 1 heterocycles. The average molecular weight is 286 g/mol. The van der Waals surface area contributed by atoms with Gasteiger partial charge in [-0.25, -0.2) is 4.98 Å². The molecule has 3 N–H and O–H groups in total. The van der Waals surface area contributed by atoms with Crippen LogP contribution in [0.5, 0.6) is 0 Å². The third kappa shape index (κ3) is 2.65. The molecule has 0 radical (unpaired) electrons. The molecule has 0 saturated carbocycles. The van der Waals surface area contributed by atoms with E-state index in [-0.39, 0.29) is 12.4 Å². The fraction of sp³-hybridized carbons (Fsp3) is 0.0667. The molecule has 0 spiro atoms. The summed E-state index contributed by atoms with van der Waals surface area (Å²) in [4.78, 5) is 8.76. The normalized spacial score (nSPS) is 10.1. The smallest absolute Gasteiger partial charge is 0.229 e. The van der Waals surface area contributed by atoms with Gasteiger partial charge in [0.1, 0.15) is 5.82 Å². The van der Waals surface area contributed by atoms with Crippen molar-refractivity contribution in [3.8, 4) is 0 Å². The summed E-state index contributed by atoms with van der Waals surface area (Å²) in [5.74, 6) is 1.01. The summed E-state index contributed by atoms with van der Waals surface area (Å²) in [6.45, 7) is 2.03. The van der Waals surface area contributed by atoms with E-state index in [2.05, 4.69) is 15.3 Å². The molecule has 2 aromatic carbocycles. The van der Waals surface area contributed by atoms with Gasteiger partial charge in [-0.2, -0.15) is 4.98 Å². The van der Waals surface area contributed by atoms with E-state index in [1.165, 1.54) is 0 Å². The Kier molecular flexibility index (Phi) is 4.05. The molecule has 0 fully saturated rings. The first-order chi connectivity index (χ1) is 9.24. The number of hydrogen-bond donors (Lipinski definition) is 2. The lowest BCUT2D eigenvalue weighted by Gasteiger charge is -2.09. The first-order valence-electron chi connectivity index (χ1n) is 6.09. The number of nitrogen functional groups attached to an aromatic ring is 1. The second-order valence-electron chi connectivity index (χ2n) is 4.39. The van der Waals surface area contributed by atoms with E-state index in [1.54, 1.807) is 0 Å². The predicted molar refractivity (Wildman–Crippen MR) is 78.4 cm³/mol. The standard InChI is InChI=1S/C15H14N4.ClH/c1-10-6-2-4-8-12(10)17-15-18-13-9-5-3-7-11(13)14(16)19-15;/h2-9H,1H3,(H3,16,17,18,19);1H/p-1. The fourth-order valence-corrected chi connectivity index (χ4v) is 1.99. The lowest BCUT2D eigenvalue weighted by molar-refractivity contribution is -0.00000402. The number of aromatic nitrogens is 2. The third-order valence-electron chi connectivity index (χ3n) is 3.02. The molecule has 0 aliphatic carbocycles. The van der Waals surface area contributed by atoms with Crippen molar-refractivity contribution < 1.29 is 12.4 Å². The van der Waals surface area contributed by atoms with Crippen molar-refractivity contribution in [3.63, 3.8) is 0 Å². The van der Waals surface area contributed by atoms with E-state index in [9.17, 15) is 0 Å². The Morgan fingerprint density at radius 1 is 0.950 bits per heavy atom. The van der Waals surface area contributed by atoms with Gasteiger partial charge in [-0.05, 0) is 30.7 Å². The minimum absolute atomic E-state index is 0. The summed E-state index contributed by atoms with van der Waals surface area (Å²) in [5.41, 5.74) is 8.92. The highest BCUT2D eigenvalue weighted by atomic mass is 35.5. The predicted octanol–water partition coefficient (Wildman–Crippen LogP) is 0.268. The van der Waals surface area contributed by atoms with Crippen molar-refractivity contribution in [1.29, 1.82) is 0 Å². The summed E-state index contributed by atoms with van der Waals surface area (Å²) in [5, 5.41) is 4.08. The second kappa shape index (κ2) is 5.75. The van der Waals surface area contributed by atoms with Gasteiger partial charge in [-0.15, -0.1) is 0 Å². The molecule has 0 atom stereocenters. The highest BCUT2D eigenvalue weighted by Gasteiger charge is 2.05. The van der Waals surface area contributed by atoms with Crippen LogP contribution in [-0.4, -0.2) is 9.97 Å². The highest BCUT2D eigenvalue weighted by Crippen LogP contribution is 2.22. The minimum Gasteiger partial charge on any atom is -1.00 e. The number of anilines is 3. The Balaban J connectivity index is 0.00000147. The summed E-state index contributed by atoms with van der Waals surface area (Å²) in [7, 11) is 0. The van der Waals surface area contributed by atoms with Crippen LogP contribution >= 0.6 is 0 Å². The van der Waals surface area contributed by atoms with Crippen molar-refractivity contribution in [1.82, 2.24) is 9.97 Å². The van der Waals surface area contributed by atoms with Crippen LogP contribution in [0.3, 0.4) is 0 Å². The number of rotatable bonds is 2. The topological polar surface area (TPSA) is 63.8 Å². The highest BCUT2D eigenvalue weighted by molar-refractivity contribution is 5.89. The largest absolute Gasteiger partial charge is 1.00 e. The average Bonchev–Trinajstić information content (AvgIpc) is 2.42.